The van der Waals surface area contributed by atoms with E-state index in [1.807, 2.05) is 17.0 Å². The molecule has 2 aromatic heterocycles. The van der Waals surface area contributed by atoms with Gasteiger partial charge in [-0.2, -0.15) is 13.2 Å². The summed E-state index contributed by atoms with van der Waals surface area (Å²) in [6.45, 7) is 1.93. The van der Waals surface area contributed by atoms with E-state index in [2.05, 4.69) is 20.3 Å². The Labute approximate surface area is 176 Å². The molecule has 166 valence electrons. The molecule has 0 atom stereocenters. The van der Waals surface area contributed by atoms with Crippen LogP contribution in [0.1, 0.15) is 41.3 Å². The summed E-state index contributed by atoms with van der Waals surface area (Å²) >= 11 is 0. The first-order valence-corrected chi connectivity index (χ1v) is 9.80. The van der Waals surface area contributed by atoms with Crippen molar-refractivity contribution in [2.45, 2.75) is 44.3 Å². The van der Waals surface area contributed by atoms with Gasteiger partial charge in [-0.3, -0.25) is 4.98 Å². The Morgan fingerprint density at radius 3 is 2.52 bits per heavy atom. The van der Waals surface area contributed by atoms with Crippen LogP contribution in [0.4, 0.5) is 18.0 Å². The minimum atomic E-state index is -5.08. The summed E-state index contributed by atoms with van der Waals surface area (Å²) in [6, 6.07) is 3.82. The number of carbonyl (C=O) groups excluding carboxylic acids is 1. The van der Waals surface area contributed by atoms with E-state index in [0.717, 1.165) is 30.6 Å². The highest BCUT2D eigenvalue weighted by molar-refractivity contribution is 5.74. The topological polar surface area (TPSA) is 108 Å². The molecule has 3 heterocycles. The van der Waals surface area contributed by atoms with Crippen molar-refractivity contribution in [1.29, 1.82) is 0 Å². The van der Waals surface area contributed by atoms with Gasteiger partial charge in [-0.1, -0.05) is 6.07 Å². The molecule has 2 N–H and O–H groups in total. The fourth-order valence-corrected chi connectivity index (χ4v) is 3.26. The molecule has 4 rings (SSSR count). The lowest BCUT2D eigenvalue weighted by molar-refractivity contribution is -0.192. The van der Waals surface area contributed by atoms with Crippen LogP contribution >= 0.6 is 0 Å². The second-order valence-electron chi connectivity index (χ2n) is 7.27. The number of rotatable bonds is 3. The van der Waals surface area contributed by atoms with Gasteiger partial charge in [-0.05, 0) is 36.5 Å². The maximum absolute atomic E-state index is 12.5. The van der Waals surface area contributed by atoms with Crippen LogP contribution in [0.5, 0.6) is 0 Å². The Hall–Kier alpha value is -3.24. The number of urea groups is 1. The molecule has 11 heteroatoms. The summed E-state index contributed by atoms with van der Waals surface area (Å²) in [5.41, 5.74) is 4.63. The van der Waals surface area contributed by atoms with Crippen LogP contribution < -0.4 is 5.32 Å². The number of hydrogen-bond donors (Lipinski definition) is 2. The molecule has 1 fully saturated rings. The van der Waals surface area contributed by atoms with Crippen LogP contribution in [0.2, 0.25) is 0 Å². The number of hydrogen-bond acceptors (Lipinski definition) is 5. The van der Waals surface area contributed by atoms with E-state index >= 15 is 0 Å². The first-order valence-electron chi connectivity index (χ1n) is 9.80. The molecule has 0 aromatic carbocycles. The number of carboxylic acids is 1. The average molecular weight is 437 g/mol. The Morgan fingerprint density at radius 2 is 1.90 bits per heavy atom. The second kappa shape index (κ2) is 9.71. The Morgan fingerprint density at radius 1 is 1.19 bits per heavy atom. The maximum Gasteiger partial charge on any atom is 0.490 e. The lowest BCUT2D eigenvalue weighted by atomic mass is 10.0. The Kier molecular flexibility index (Phi) is 7.03. The number of nitrogens with one attached hydrogen (secondary N) is 1. The third kappa shape index (κ3) is 6.37. The Balaban J connectivity index is 0.000000339. The molecule has 1 aliphatic carbocycles. The molecular weight excluding hydrogens is 415 g/mol. The Bertz CT molecular complexity index is 920. The lowest BCUT2D eigenvalue weighted by Gasteiger charge is -2.20. The second-order valence-corrected chi connectivity index (χ2v) is 7.27. The lowest BCUT2D eigenvalue weighted by Crippen LogP contribution is -2.41. The van der Waals surface area contributed by atoms with E-state index in [1.54, 1.807) is 18.7 Å². The number of nitrogens with zero attached hydrogens (tertiary/aromatic N) is 4. The van der Waals surface area contributed by atoms with Crippen molar-refractivity contribution in [2.75, 3.05) is 13.1 Å². The molecular formula is C20H22F3N5O3. The van der Waals surface area contributed by atoms with Crippen LogP contribution in [0.15, 0.2) is 30.9 Å². The zero-order chi connectivity index (χ0) is 22.4. The van der Waals surface area contributed by atoms with Gasteiger partial charge in [0.25, 0.3) is 0 Å². The number of halogens is 3. The van der Waals surface area contributed by atoms with Crippen LogP contribution in [0.25, 0.3) is 0 Å². The third-order valence-electron chi connectivity index (χ3n) is 4.98. The van der Waals surface area contributed by atoms with Crippen molar-refractivity contribution in [3.05, 3.63) is 53.4 Å². The molecule has 0 unspecified atom stereocenters. The first-order chi connectivity index (χ1) is 14.8. The molecule has 1 saturated carbocycles. The molecule has 2 aromatic rings. The highest BCUT2D eigenvalue weighted by atomic mass is 19.4. The minimum absolute atomic E-state index is 0.0207. The van der Waals surface area contributed by atoms with Crippen LogP contribution in [-0.4, -0.2) is 56.2 Å². The van der Waals surface area contributed by atoms with E-state index < -0.39 is 12.1 Å². The summed E-state index contributed by atoms with van der Waals surface area (Å²) in [6.07, 6.45) is 4.23. The van der Waals surface area contributed by atoms with E-state index in [0.29, 0.717) is 19.0 Å². The summed E-state index contributed by atoms with van der Waals surface area (Å²) in [5, 5.41) is 10.1. The van der Waals surface area contributed by atoms with Gasteiger partial charge >= 0.3 is 18.2 Å². The van der Waals surface area contributed by atoms with Crippen molar-refractivity contribution in [2.24, 2.45) is 0 Å². The van der Waals surface area contributed by atoms with E-state index in [4.69, 9.17) is 9.90 Å². The predicted octanol–water partition coefficient (Wildman–Crippen LogP) is 2.69. The number of aromatic nitrogens is 3. The fraction of sp³-hybridized carbons (Fsp3) is 0.450. The van der Waals surface area contributed by atoms with Crippen molar-refractivity contribution in [1.82, 2.24) is 25.2 Å². The number of pyridine rings is 1. The van der Waals surface area contributed by atoms with E-state index in [1.165, 1.54) is 24.1 Å². The first kappa shape index (κ1) is 22.4. The van der Waals surface area contributed by atoms with Crippen LogP contribution in [0.3, 0.4) is 0 Å². The predicted molar refractivity (Wildman–Crippen MR) is 103 cm³/mol. The van der Waals surface area contributed by atoms with Gasteiger partial charge in [0.2, 0.25) is 0 Å². The van der Waals surface area contributed by atoms with E-state index in [-0.39, 0.29) is 6.03 Å². The molecule has 0 radical (unpaired) electrons. The standard InChI is InChI=1S/C18H21N5O.C2HF3O2/c24-18(20-11-13-2-1-7-19-10-13)23-8-5-15-16(6-9-23)21-12-22-17(15)14-3-4-14;3-2(4,5)1(6)7/h1-2,7,10,12,14H,3-6,8-9,11H2,(H,20,24);(H,6,7). The highest BCUT2D eigenvalue weighted by Gasteiger charge is 2.38. The molecule has 31 heavy (non-hydrogen) atoms. The molecule has 2 aliphatic rings. The van der Waals surface area contributed by atoms with Gasteiger partial charge in [-0.25, -0.2) is 19.6 Å². The molecule has 0 saturated heterocycles. The number of carbonyl (C=O) groups is 2. The zero-order valence-electron chi connectivity index (χ0n) is 16.6. The highest BCUT2D eigenvalue weighted by Crippen LogP contribution is 2.41. The summed E-state index contributed by atoms with van der Waals surface area (Å²) in [4.78, 5) is 36.3. The summed E-state index contributed by atoms with van der Waals surface area (Å²) in [7, 11) is 0. The number of aliphatic carboxylic acids is 1. The number of amides is 2. The van der Waals surface area contributed by atoms with Crippen molar-refractivity contribution < 1.29 is 27.9 Å². The summed E-state index contributed by atoms with van der Waals surface area (Å²) in [5.74, 6) is -2.14. The molecule has 2 amide bonds. The van der Waals surface area contributed by atoms with Gasteiger partial charge in [-0.15, -0.1) is 0 Å². The molecule has 1 aliphatic heterocycles. The van der Waals surface area contributed by atoms with Gasteiger partial charge in [0, 0.05) is 50.1 Å². The van der Waals surface area contributed by atoms with Gasteiger partial charge in [0.05, 0.1) is 5.69 Å². The monoisotopic (exact) mass is 437 g/mol. The smallest absolute Gasteiger partial charge is 0.475 e. The van der Waals surface area contributed by atoms with Crippen molar-refractivity contribution in [3.8, 4) is 0 Å². The summed E-state index contributed by atoms with van der Waals surface area (Å²) < 4.78 is 31.7. The SMILES string of the molecule is O=C(NCc1cccnc1)N1CCc2ncnc(C3CC3)c2CC1.O=C(O)C(F)(F)F. The minimum Gasteiger partial charge on any atom is -0.475 e. The van der Waals surface area contributed by atoms with Gasteiger partial charge in [0.1, 0.15) is 6.33 Å². The van der Waals surface area contributed by atoms with E-state index in [9.17, 15) is 18.0 Å². The third-order valence-corrected chi connectivity index (χ3v) is 4.98. The number of alkyl halides is 3. The van der Waals surface area contributed by atoms with Crippen LogP contribution in [-0.2, 0) is 24.2 Å². The number of fused-ring (bicyclic) bond motifs is 1. The van der Waals surface area contributed by atoms with Crippen LogP contribution in [0, 0.1) is 0 Å². The van der Waals surface area contributed by atoms with Gasteiger partial charge in [0.15, 0.2) is 0 Å². The normalized spacial score (nSPS) is 15.8. The van der Waals surface area contributed by atoms with Gasteiger partial charge < -0.3 is 15.3 Å². The van der Waals surface area contributed by atoms with Crippen molar-refractivity contribution in [3.63, 3.8) is 0 Å². The average Bonchev–Trinajstić information content (AvgIpc) is 3.59. The largest absolute Gasteiger partial charge is 0.490 e. The fourth-order valence-electron chi connectivity index (χ4n) is 3.26. The number of carboxylic acid groups (broad SMARTS) is 1. The quantitative estimate of drug-likeness (QED) is 0.765. The van der Waals surface area contributed by atoms with Crippen molar-refractivity contribution >= 4 is 12.0 Å². The zero-order valence-corrected chi connectivity index (χ0v) is 16.6. The molecule has 8 nitrogen and oxygen atoms in total. The molecule has 0 spiro atoms. The molecule has 0 bridgehead atoms. The maximum atomic E-state index is 12.5.